The predicted octanol–water partition coefficient (Wildman–Crippen LogP) is 5.01. The molecule has 2 heterocycles. The molecule has 2 aromatic rings. The van der Waals surface area contributed by atoms with Gasteiger partial charge < -0.3 is 10.6 Å². The fourth-order valence-electron chi connectivity index (χ4n) is 5.11. The Hall–Kier alpha value is -1.43. The number of pyridine rings is 1. The summed E-state index contributed by atoms with van der Waals surface area (Å²) in [4.78, 5) is 19.4. The van der Waals surface area contributed by atoms with Crippen molar-refractivity contribution in [2.75, 3.05) is 19.6 Å². The molecule has 2 aliphatic rings. The minimum absolute atomic E-state index is 0.181. The largest absolute Gasteiger partial charge is 0.343 e. The lowest BCUT2D eigenvalue weighted by molar-refractivity contribution is -0.132. The van der Waals surface area contributed by atoms with E-state index in [0.29, 0.717) is 18.9 Å². The van der Waals surface area contributed by atoms with E-state index in [9.17, 15) is 4.79 Å². The summed E-state index contributed by atoms with van der Waals surface area (Å²) in [6.07, 6.45) is 7.12. The second kappa shape index (κ2) is 9.37. The Morgan fingerprint density at radius 3 is 2.70 bits per heavy atom. The number of amides is 1. The molecular weight excluding hydrogens is 462 g/mol. The van der Waals surface area contributed by atoms with Crippen LogP contribution in [0.15, 0.2) is 28.9 Å². The Balaban J connectivity index is 1.67. The van der Waals surface area contributed by atoms with Crippen molar-refractivity contribution >= 4 is 33.4 Å². The smallest absolute Gasteiger partial charge is 0.222 e. The van der Waals surface area contributed by atoms with E-state index in [1.54, 1.807) is 0 Å². The second-order valence-electron chi connectivity index (χ2n) is 8.61. The number of nitrogens with two attached hydrogens (primary N) is 1. The minimum atomic E-state index is 0.181. The van der Waals surface area contributed by atoms with Gasteiger partial charge in [0, 0.05) is 41.1 Å². The summed E-state index contributed by atoms with van der Waals surface area (Å²) in [5, 5.41) is 0.856. The van der Waals surface area contributed by atoms with Crippen molar-refractivity contribution < 1.29 is 4.79 Å². The molecule has 1 aromatic carbocycles. The number of fused-ring (bicyclic) bond motifs is 2. The van der Waals surface area contributed by atoms with Gasteiger partial charge in [-0.3, -0.25) is 9.78 Å². The third kappa shape index (κ3) is 4.44. The van der Waals surface area contributed by atoms with Crippen LogP contribution in [0.25, 0.3) is 0 Å². The molecule has 0 radical (unpaired) electrons. The van der Waals surface area contributed by atoms with Crippen molar-refractivity contribution in [1.82, 2.24) is 9.88 Å². The van der Waals surface area contributed by atoms with Gasteiger partial charge in [-0.1, -0.05) is 17.7 Å². The van der Waals surface area contributed by atoms with Crippen molar-refractivity contribution in [3.05, 3.63) is 61.8 Å². The number of carbonyl (C=O) groups excluding carboxylic acids is 1. The molecule has 0 saturated carbocycles. The first-order valence-corrected chi connectivity index (χ1v) is 12.1. The molecule has 6 heteroatoms. The van der Waals surface area contributed by atoms with E-state index >= 15 is 0 Å². The topological polar surface area (TPSA) is 59.2 Å². The molecule has 1 aliphatic carbocycles. The zero-order valence-corrected chi connectivity index (χ0v) is 19.8. The van der Waals surface area contributed by atoms with Crippen LogP contribution in [0, 0.1) is 12.8 Å². The molecule has 0 spiro atoms. The molecule has 1 unspecified atom stereocenters. The second-order valence-corrected chi connectivity index (χ2v) is 9.93. The molecule has 160 valence electrons. The van der Waals surface area contributed by atoms with Gasteiger partial charge in [0.2, 0.25) is 5.91 Å². The number of rotatable bonds is 4. The highest BCUT2D eigenvalue weighted by molar-refractivity contribution is 9.10. The fourth-order valence-corrected chi connectivity index (χ4v) is 5.90. The zero-order valence-electron chi connectivity index (χ0n) is 17.5. The van der Waals surface area contributed by atoms with Gasteiger partial charge in [0.15, 0.2) is 0 Å². The van der Waals surface area contributed by atoms with Crippen molar-refractivity contribution in [2.45, 2.75) is 51.4 Å². The summed E-state index contributed by atoms with van der Waals surface area (Å²) in [6, 6.07) is 6.59. The van der Waals surface area contributed by atoms with Crippen molar-refractivity contribution in [2.24, 2.45) is 11.7 Å². The minimum Gasteiger partial charge on any atom is -0.343 e. The molecule has 0 bridgehead atoms. The number of hydrogen-bond acceptors (Lipinski definition) is 3. The number of nitrogens with zero attached hydrogens (tertiary/aromatic N) is 2. The first-order chi connectivity index (χ1) is 14.5. The third-order valence-corrected chi connectivity index (χ3v) is 7.30. The summed E-state index contributed by atoms with van der Waals surface area (Å²) in [5.74, 6) is 0.837. The maximum atomic E-state index is 12.5. The van der Waals surface area contributed by atoms with Crippen LogP contribution < -0.4 is 5.73 Å². The molecule has 4 rings (SSSR count). The van der Waals surface area contributed by atoms with Crippen LogP contribution in [0.4, 0.5) is 0 Å². The Morgan fingerprint density at radius 1 is 1.23 bits per heavy atom. The highest BCUT2D eigenvalue weighted by Crippen LogP contribution is 2.45. The molecule has 1 aliphatic heterocycles. The summed E-state index contributed by atoms with van der Waals surface area (Å²) >= 11 is 10.5. The lowest BCUT2D eigenvalue weighted by Gasteiger charge is -2.37. The summed E-state index contributed by atoms with van der Waals surface area (Å²) in [6.45, 7) is 4.28. The first kappa shape index (κ1) is 21.8. The fraction of sp³-hybridized carbons (Fsp3) is 0.500. The van der Waals surface area contributed by atoms with Crippen molar-refractivity contribution in [1.29, 1.82) is 0 Å². The average molecular weight is 491 g/mol. The van der Waals surface area contributed by atoms with Crippen molar-refractivity contribution in [3.8, 4) is 0 Å². The van der Waals surface area contributed by atoms with E-state index in [1.165, 1.54) is 22.3 Å². The van der Waals surface area contributed by atoms with Crippen LogP contribution >= 0.6 is 27.5 Å². The number of halogens is 2. The van der Waals surface area contributed by atoms with Crippen LogP contribution in [0.3, 0.4) is 0 Å². The van der Waals surface area contributed by atoms with Gasteiger partial charge in [0.05, 0.1) is 5.69 Å². The monoisotopic (exact) mass is 489 g/mol. The number of aromatic nitrogens is 1. The van der Waals surface area contributed by atoms with Gasteiger partial charge in [-0.15, -0.1) is 0 Å². The number of piperidine rings is 1. The Kier molecular flexibility index (Phi) is 6.81. The Labute approximate surface area is 192 Å². The van der Waals surface area contributed by atoms with Gasteiger partial charge in [-0.25, -0.2) is 0 Å². The Bertz CT molecular complexity index is 940. The van der Waals surface area contributed by atoms with Gasteiger partial charge in [0.25, 0.3) is 0 Å². The predicted molar refractivity (Wildman–Crippen MR) is 125 cm³/mol. The van der Waals surface area contributed by atoms with Crippen molar-refractivity contribution in [3.63, 3.8) is 0 Å². The lowest BCUT2D eigenvalue weighted by atomic mass is 9.76. The van der Waals surface area contributed by atoms with Gasteiger partial charge in [-0.05, 0) is 102 Å². The molecule has 30 heavy (non-hydrogen) atoms. The van der Waals surface area contributed by atoms with Gasteiger partial charge in [-0.2, -0.15) is 0 Å². The molecule has 1 aromatic heterocycles. The zero-order chi connectivity index (χ0) is 21.3. The van der Waals surface area contributed by atoms with Crippen LogP contribution in [0.5, 0.6) is 0 Å². The molecular formula is C24H29BrClN3O. The molecule has 1 amide bonds. The average Bonchev–Trinajstić information content (AvgIpc) is 2.89. The van der Waals surface area contributed by atoms with E-state index in [0.717, 1.165) is 60.4 Å². The molecule has 1 atom stereocenters. The van der Waals surface area contributed by atoms with Gasteiger partial charge >= 0.3 is 0 Å². The van der Waals surface area contributed by atoms with Crippen LogP contribution in [-0.4, -0.2) is 35.4 Å². The lowest BCUT2D eigenvalue weighted by Crippen LogP contribution is -2.40. The SMILES string of the molecule is Cc1cc(Cl)c2c(c1)CCc1cc(Br)cnc1C2C1CCN(C(=O)CCCN)CC1. The van der Waals surface area contributed by atoms with E-state index in [-0.39, 0.29) is 11.8 Å². The Morgan fingerprint density at radius 2 is 1.97 bits per heavy atom. The van der Waals surface area contributed by atoms with Crippen LogP contribution in [-0.2, 0) is 17.6 Å². The molecule has 1 fully saturated rings. The van der Waals surface area contributed by atoms with E-state index in [2.05, 4.69) is 41.1 Å². The van der Waals surface area contributed by atoms with E-state index in [4.69, 9.17) is 22.3 Å². The maximum Gasteiger partial charge on any atom is 0.222 e. The summed E-state index contributed by atoms with van der Waals surface area (Å²) < 4.78 is 1.02. The first-order valence-electron chi connectivity index (χ1n) is 10.9. The highest BCUT2D eigenvalue weighted by atomic mass is 79.9. The van der Waals surface area contributed by atoms with Gasteiger partial charge in [0.1, 0.15) is 0 Å². The summed E-state index contributed by atoms with van der Waals surface area (Å²) in [7, 11) is 0. The summed E-state index contributed by atoms with van der Waals surface area (Å²) in [5.41, 5.74) is 11.8. The van der Waals surface area contributed by atoms with E-state index in [1.807, 2.05) is 11.1 Å². The standard InChI is InChI=1S/C24H29BrClN3O/c1-15-11-17-4-5-18-13-19(25)14-28-24(18)23(22(17)20(26)12-15)16-6-9-29(10-7-16)21(30)3-2-8-27/h11-14,16,23H,2-10,27H2,1H3. The quantitative estimate of drug-likeness (QED) is 0.655. The third-order valence-electron chi connectivity index (χ3n) is 6.56. The number of carbonyl (C=O) groups is 1. The number of benzene rings is 1. The normalized spacial score (nSPS) is 19.2. The van der Waals surface area contributed by atoms with Crippen LogP contribution in [0.2, 0.25) is 5.02 Å². The van der Waals surface area contributed by atoms with E-state index < -0.39 is 0 Å². The van der Waals surface area contributed by atoms with Crippen LogP contribution in [0.1, 0.15) is 59.5 Å². The molecule has 2 N–H and O–H groups in total. The number of aryl methyl sites for hydroxylation is 3. The maximum absolute atomic E-state index is 12.5. The molecule has 1 saturated heterocycles. The number of likely N-dealkylation sites (tertiary alicyclic amines) is 1. The highest BCUT2D eigenvalue weighted by Gasteiger charge is 2.36. The molecule has 4 nitrogen and oxygen atoms in total. The number of hydrogen-bond donors (Lipinski definition) is 1.